The van der Waals surface area contributed by atoms with E-state index in [1.165, 1.54) is 0 Å². The van der Waals surface area contributed by atoms with Gasteiger partial charge in [-0.15, -0.1) is 10.2 Å². The summed E-state index contributed by atoms with van der Waals surface area (Å²) in [7, 11) is 0. The summed E-state index contributed by atoms with van der Waals surface area (Å²) in [4.78, 5) is 14.0. The molecule has 2 heterocycles. The molecular weight excluding hydrogens is 230 g/mol. The van der Waals surface area contributed by atoms with E-state index in [2.05, 4.69) is 10.2 Å². The van der Waals surface area contributed by atoms with Crippen molar-refractivity contribution in [1.82, 2.24) is 15.1 Å². The SMILES string of the molecule is Cc1nnc(CN2CCc3ccccc3C2=O)o1. The molecule has 2 aromatic rings. The third-order valence-electron chi connectivity index (χ3n) is 3.08. The van der Waals surface area contributed by atoms with Gasteiger partial charge >= 0.3 is 0 Å². The highest BCUT2D eigenvalue weighted by atomic mass is 16.4. The van der Waals surface area contributed by atoms with Gasteiger partial charge in [0.2, 0.25) is 11.8 Å². The van der Waals surface area contributed by atoms with Gasteiger partial charge in [-0.05, 0) is 18.1 Å². The fourth-order valence-corrected chi connectivity index (χ4v) is 2.19. The van der Waals surface area contributed by atoms with Crippen molar-refractivity contribution in [3.05, 3.63) is 47.2 Å². The Morgan fingerprint density at radius 3 is 2.94 bits per heavy atom. The molecule has 0 fully saturated rings. The van der Waals surface area contributed by atoms with E-state index in [-0.39, 0.29) is 5.91 Å². The number of benzene rings is 1. The van der Waals surface area contributed by atoms with Crippen LogP contribution in [0.4, 0.5) is 0 Å². The zero-order chi connectivity index (χ0) is 12.5. The second kappa shape index (κ2) is 4.25. The number of amides is 1. The molecular formula is C13H13N3O2. The lowest BCUT2D eigenvalue weighted by Crippen LogP contribution is -2.37. The summed E-state index contributed by atoms with van der Waals surface area (Å²) < 4.78 is 5.31. The predicted octanol–water partition coefficient (Wildman–Crippen LogP) is 1.58. The van der Waals surface area contributed by atoms with Crippen LogP contribution in [-0.2, 0) is 13.0 Å². The van der Waals surface area contributed by atoms with Crippen molar-refractivity contribution < 1.29 is 9.21 Å². The number of aryl methyl sites for hydroxylation is 1. The topological polar surface area (TPSA) is 59.2 Å². The summed E-state index contributed by atoms with van der Waals surface area (Å²) in [5.74, 6) is 1.04. The molecule has 0 radical (unpaired) electrons. The Morgan fingerprint density at radius 1 is 1.33 bits per heavy atom. The van der Waals surface area contributed by atoms with Gasteiger partial charge < -0.3 is 9.32 Å². The van der Waals surface area contributed by atoms with Crippen molar-refractivity contribution in [2.45, 2.75) is 19.9 Å². The number of rotatable bonds is 2. The molecule has 0 saturated carbocycles. The number of hydrogen-bond acceptors (Lipinski definition) is 4. The normalized spacial score (nSPS) is 14.7. The Labute approximate surface area is 104 Å². The highest BCUT2D eigenvalue weighted by Gasteiger charge is 2.25. The third kappa shape index (κ3) is 1.88. The lowest BCUT2D eigenvalue weighted by atomic mass is 9.99. The van der Waals surface area contributed by atoms with E-state index in [0.717, 1.165) is 17.5 Å². The van der Waals surface area contributed by atoms with Gasteiger partial charge in [0, 0.05) is 19.0 Å². The number of aromatic nitrogens is 2. The van der Waals surface area contributed by atoms with E-state index in [4.69, 9.17) is 4.42 Å². The molecule has 1 aromatic carbocycles. The summed E-state index contributed by atoms with van der Waals surface area (Å²) in [6.45, 7) is 2.81. The maximum atomic E-state index is 12.3. The zero-order valence-corrected chi connectivity index (χ0v) is 10.1. The van der Waals surface area contributed by atoms with Gasteiger partial charge in [0.05, 0.1) is 6.54 Å². The fourth-order valence-electron chi connectivity index (χ4n) is 2.19. The minimum Gasteiger partial charge on any atom is -0.424 e. The molecule has 1 aromatic heterocycles. The molecule has 92 valence electrons. The second-order valence-corrected chi connectivity index (χ2v) is 4.35. The van der Waals surface area contributed by atoms with Gasteiger partial charge in [0.15, 0.2) is 0 Å². The molecule has 0 aliphatic carbocycles. The van der Waals surface area contributed by atoms with Crippen molar-refractivity contribution in [2.24, 2.45) is 0 Å². The van der Waals surface area contributed by atoms with Crippen LogP contribution < -0.4 is 0 Å². The quantitative estimate of drug-likeness (QED) is 0.803. The minimum atomic E-state index is 0.0349. The molecule has 18 heavy (non-hydrogen) atoms. The molecule has 1 amide bonds. The lowest BCUT2D eigenvalue weighted by Gasteiger charge is -2.27. The fraction of sp³-hybridized carbons (Fsp3) is 0.308. The Kier molecular flexibility index (Phi) is 2.59. The summed E-state index contributed by atoms with van der Waals surface area (Å²) in [5, 5.41) is 7.69. The largest absolute Gasteiger partial charge is 0.424 e. The van der Waals surface area contributed by atoms with Crippen LogP contribution in [0.1, 0.15) is 27.7 Å². The Hall–Kier alpha value is -2.17. The summed E-state index contributed by atoms with van der Waals surface area (Å²) in [6.07, 6.45) is 0.870. The first-order valence-electron chi connectivity index (χ1n) is 5.90. The number of hydrogen-bond donors (Lipinski definition) is 0. The number of nitrogens with zero attached hydrogens (tertiary/aromatic N) is 3. The van der Waals surface area contributed by atoms with Crippen LogP contribution in [0.2, 0.25) is 0 Å². The summed E-state index contributed by atoms with van der Waals surface area (Å²) in [5.41, 5.74) is 1.89. The van der Waals surface area contributed by atoms with Crippen molar-refractivity contribution in [1.29, 1.82) is 0 Å². The van der Waals surface area contributed by atoms with Gasteiger partial charge in [0.25, 0.3) is 5.91 Å². The molecule has 1 aliphatic heterocycles. The van der Waals surface area contributed by atoms with E-state index >= 15 is 0 Å². The first kappa shape index (κ1) is 11.0. The molecule has 0 atom stereocenters. The number of carbonyl (C=O) groups is 1. The minimum absolute atomic E-state index is 0.0349. The monoisotopic (exact) mass is 243 g/mol. The van der Waals surface area contributed by atoms with E-state index in [9.17, 15) is 4.79 Å². The predicted molar refractivity (Wildman–Crippen MR) is 63.9 cm³/mol. The molecule has 3 rings (SSSR count). The van der Waals surface area contributed by atoms with E-state index in [1.807, 2.05) is 24.3 Å². The first-order chi connectivity index (χ1) is 8.74. The molecule has 5 heteroatoms. The molecule has 0 N–H and O–H groups in total. The van der Waals surface area contributed by atoms with Gasteiger partial charge in [0.1, 0.15) is 0 Å². The van der Waals surface area contributed by atoms with Crippen LogP contribution in [-0.4, -0.2) is 27.5 Å². The molecule has 0 unspecified atom stereocenters. The summed E-state index contributed by atoms with van der Waals surface area (Å²) >= 11 is 0. The maximum Gasteiger partial charge on any atom is 0.254 e. The molecule has 5 nitrogen and oxygen atoms in total. The van der Waals surface area contributed by atoms with Gasteiger partial charge in [-0.25, -0.2) is 0 Å². The highest BCUT2D eigenvalue weighted by molar-refractivity contribution is 5.96. The van der Waals surface area contributed by atoms with Crippen LogP contribution >= 0.6 is 0 Å². The van der Waals surface area contributed by atoms with Gasteiger partial charge in [-0.3, -0.25) is 4.79 Å². The van der Waals surface area contributed by atoms with Crippen molar-refractivity contribution in [2.75, 3.05) is 6.54 Å². The Bertz CT molecular complexity index is 591. The Morgan fingerprint density at radius 2 is 2.17 bits per heavy atom. The maximum absolute atomic E-state index is 12.3. The van der Waals surface area contributed by atoms with Crippen LogP contribution in [0.25, 0.3) is 0 Å². The van der Waals surface area contributed by atoms with Crippen LogP contribution in [0.3, 0.4) is 0 Å². The third-order valence-corrected chi connectivity index (χ3v) is 3.08. The summed E-state index contributed by atoms with van der Waals surface area (Å²) in [6, 6.07) is 7.71. The highest BCUT2D eigenvalue weighted by Crippen LogP contribution is 2.19. The number of carbonyl (C=O) groups excluding carboxylic acids is 1. The zero-order valence-electron chi connectivity index (χ0n) is 10.1. The van der Waals surface area contributed by atoms with Crippen molar-refractivity contribution in [3.63, 3.8) is 0 Å². The molecule has 1 aliphatic rings. The second-order valence-electron chi connectivity index (χ2n) is 4.35. The van der Waals surface area contributed by atoms with E-state index in [0.29, 0.717) is 24.9 Å². The molecule has 0 spiro atoms. The first-order valence-corrected chi connectivity index (χ1v) is 5.90. The van der Waals surface area contributed by atoms with E-state index in [1.54, 1.807) is 11.8 Å². The van der Waals surface area contributed by atoms with E-state index < -0.39 is 0 Å². The standard InChI is InChI=1S/C13H13N3O2/c1-9-14-15-12(18-9)8-16-7-6-10-4-2-3-5-11(10)13(16)17/h2-5H,6-8H2,1H3. The Balaban J connectivity index is 1.82. The molecule has 0 saturated heterocycles. The smallest absolute Gasteiger partial charge is 0.254 e. The van der Waals surface area contributed by atoms with Gasteiger partial charge in [-0.2, -0.15) is 0 Å². The van der Waals surface area contributed by atoms with Crippen molar-refractivity contribution in [3.8, 4) is 0 Å². The number of fused-ring (bicyclic) bond motifs is 1. The van der Waals surface area contributed by atoms with Gasteiger partial charge in [-0.1, -0.05) is 18.2 Å². The molecule has 0 bridgehead atoms. The van der Waals surface area contributed by atoms with Crippen LogP contribution in [0.5, 0.6) is 0 Å². The van der Waals surface area contributed by atoms with Crippen LogP contribution in [0.15, 0.2) is 28.7 Å². The van der Waals surface area contributed by atoms with Crippen LogP contribution in [0, 0.1) is 6.92 Å². The van der Waals surface area contributed by atoms with Crippen molar-refractivity contribution >= 4 is 5.91 Å². The average molecular weight is 243 g/mol. The lowest BCUT2D eigenvalue weighted by molar-refractivity contribution is 0.0711. The average Bonchev–Trinajstić information content (AvgIpc) is 2.79.